The lowest BCUT2D eigenvalue weighted by atomic mass is 9.93. The quantitative estimate of drug-likeness (QED) is 0.783. The van der Waals surface area contributed by atoms with E-state index in [2.05, 4.69) is 17.0 Å². The van der Waals surface area contributed by atoms with Gasteiger partial charge >= 0.3 is 0 Å². The second-order valence-corrected chi connectivity index (χ2v) is 5.09. The number of hydrogen-bond donors (Lipinski definition) is 0. The molecule has 1 atom stereocenters. The predicted octanol–water partition coefficient (Wildman–Crippen LogP) is 3.97. The van der Waals surface area contributed by atoms with Gasteiger partial charge in [-0.1, -0.05) is 35.9 Å². The maximum absolute atomic E-state index is 9.51. The van der Waals surface area contributed by atoms with Gasteiger partial charge in [0, 0.05) is 17.3 Å². The van der Waals surface area contributed by atoms with Crippen molar-refractivity contribution in [3.05, 3.63) is 64.7 Å². The van der Waals surface area contributed by atoms with Crippen molar-refractivity contribution in [1.29, 1.82) is 5.26 Å². The largest absolute Gasteiger partial charge is 0.352 e. The van der Waals surface area contributed by atoms with Gasteiger partial charge < -0.3 is 4.90 Å². The molecule has 19 heavy (non-hydrogen) atoms. The number of hydrogen-bond acceptors (Lipinski definition) is 2. The number of anilines is 1. The molecule has 1 aliphatic rings. The van der Waals surface area contributed by atoms with Gasteiger partial charge in [0.1, 0.15) is 6.04 Å². The van der Waals surface area contributed by atoms with Crippen LogP contribution in [0.3, 0.4) is 0 Å². The molecule has 0 saturated heterocycles. The van der Waals surface area contributed by atoms with E-state index in [1.165, 1.54) is 5.56 Å². The number of fused-ring (bicyclic) bond motifs is 1. The molecule has 3 heteroatoms. The van der Waals surface area contributed by atoms with Crippen molar-refractivity contribution in [3.8, 4) is 6.07 Å². The number of nitriles is 1. The SMILES string of the molecule is N#CC1c2ccccc2CCN1c1ccc(Cl)cc1. The average molecular weight is 269 g/mol. The fourth-order valence-corrected chi connectivity index (χ4v) is 2.74. The van der Waals surface area contributed by atoms with Gasteiger partial charge in [-0.15, -0.1) is 0 Å². The van der Waals surface area contributed by atoms with Crippen molar-refractivity contribution in [2.45, 2.75) is 12.5 Å². The Morgan fingerprint density at radius 1 is 1.11 bits per heavy atom. The van der Waals surface area contributed by atoms with Crippen molar-refractivity contribution in [2.24, 2.45) is 0 Å². The highest BCUT2D eigenvalue weighted by Crippen LogP contribution is 2.33. The maximum atomic E-state index is 9.51. The van der Waals surface area contributed by atoms with Gasteiger partial charge in [0.2, 0.25) is 0 Å². The Hall–Kier alpha value is -1.98. The second kappa shape index (κ2) is 4.95. The first-order valence-electron chi connectivity index (χ1n) is 6.29. The molecule has 0 bridgehead atoms. The number of halogens is 1. The number of nitrogens with zero attached hydrogens (tertiary/aromatic N) is 2. The molecule has 0 amide bonds. The van der Waals surface area contributed by atoms with Gasteiger partial charge in [-0.25, -0.2) is 0 Å². The third-order valence-electron chi connectivity index (χ3n) is 3.56. The summed E-state index contributed by atoms with van der Waals surface area (Å²) in [5, 5.41) is 10.2. The van der Waals surface area contributed by atoms with Gasteiger partial charge in [0.05, 0.1) is 6.07 Å². The molecule has 2 nitrogen and oxygen atoms in total. The van der Waals surface area contributed by atoms with Crippen LogP contribution in [0.2, 0.25) is 5.02 Å². The summed E-state index contributed by atoms with van der Waals surface area (Å²) in [6.07, 6.45) is 0.969. The van der Waals surface area contributed by atoms with Crippen LogP contribution < -0.4 is 4.90 Å². The zero-order chi connectivity index (χ0) is 13.2. The Bertz CT molecular complexity index is 628. The fraction of sp³-hybridized carbons (Fsp3) is 0.188. The van der Waals surface area contributed by atoms with Crippen LogP contribution in [0.5, 0.6) is 0 Å². The van der Waals surface area contributed by atoms with Gasteiger partial charge in [-0.2, -0.15) is 5.26 Å². The normalized spacial score (nSPS) is 17.7. The molecular formula is C16H13ClN2. The zero-order valence-corrected chi connectivity index (χ0v) is 11.1. The summed E-state index contributed by atoms with van der Waals surface area (Å²) in [5.74, 6) is 0. The van der Waals surface area contributed by atoms with Crippen molar-refractivity contribution < 1.29 is 0 Å². The van der Waals surface area contributed by atoms with Crippen molar-refractivity contribution >= 4 is 17.3 Å². The summed E-state index contributed by atoms with van der Waals surface area (Å²) in [5.41, 5.74) is 3.44. The summed E-state index contributed by atoms with van der Waals surface area (Å²) < 4.78 is 0. The topological polar surface area (TPSA) is 27.0 Å². The highest BCUT2D eigenvalue weighted by atomic mass is 35.5. The van der Waals surface area contributed by atoms with Gasteiger partial charge in [-0.3, -0.25) is 0 Å². The molecule has 1 aliphatic heterocycles. The molecule has 3 rings (SSSR count). The molecule has 0 radical (unpaired) electrons. The smallest absolute Gasteiger partial charge is 0.142 e. The molecule has 0 spiro atoms. The van der Waals surface area contributed by atoms with E-state index >= 15 is 0 Å². The minimum Gasteiger partial charge on any atom is -0.352 e. The van der Waals surface area contributed by atoms with Gasteiger partial charge in [0.15, 0.2) is 0 Å². The summed E-state index contributed by atoms with van der Waals surface area (Å²) in [7, 11) is 0. The number of benzene rings is 2. The fourth-order valence-electron chi connectivity index (χ4n) is 2.62. The van der Waals surface area contributed by atoms with Crippen LogP contribution >= 0.6 is 11.6 Å². The van der Waals surface area contributed by atoms with Crippen LogP contribution in [0.15, 0.2) is 48.5 Å². The van der Waals surface area contributed by atoms with E-state index in [-0.39, 0.29) is 6.04 Å². The predicted molar refractivity (Wildman–Crippen MR) is 77.3 cm³/mol. The summed E-state index contributed by atoms with van der Waals surface area (Å²) in [6, 6.07) is 18.1. The summed E-state index contributed by atoms with van der Waals surface area (Å²) in [6.45, 7) is 0.858. The zero-order valence-electron chi connectivity index (χ0n) is 10.4. The lowest BCUT2D eigenvalue weighted by Crippen LogP contribution is -2.34. The highest BCUT2D eigenvalue weighted by molar-refractivity contribution is 6.30. The molecule has 0 aliphatic carbocycles. The van der Waals surface area contributed by atoms with Crippen LogP contribution in [0.25, 0.3) is 0 Å². The van der Waals surface area contributed by atoms with E-state index in [0.717, 1.165) is 29.2 Å². The first-order chi connectivity index (χ1) is 9.29. The Morgan fingerprint density at radius 2 is 1.84 bits per heavy atom. The monoisotopic (exact) mass is 268 g/mol. The van der Waals surface area contributed by atoms with Crippen LogP contribution in [0, 0.1) is 11.3 Å². The third kappa shape index (κ3) is 2.18. The Morgan fingerprint density at radius 3 is 2.58 bits per heavy atom. The standard InChI is InChI=1S/C16H13ClN2/c17-13-5-7-14(8-6-13)19-10-9-12-3-1-2-4-15(12)16(19)11-18/h1-8,16H,9-10H2. The third-order valence-corrected chi connectivity index (χ3v) is 3.82. The van der Waals surface area contributed by atoms with E-state index < -0.39 is 0 Å². The lowest BCUT2D eigenvalue weighted by molar-refractivity contribution is 0.676. The van der Waals surface area contributed by atoms with Gasteiger partial charge in [-0.05, 0) is 41.8 Å². The molecule has 1 heterocycles. The first kappa shape index (κ1) is 12.1. The second-order valence-electron chi connectivity index (χ2n) is 4.65. The van der Waals surface area contributed by atoms with Crippen molar-refractivity contribution in [2.75, 3.05) is 11.4 Å². The molecular weight excluding hydrogens is 256 g/mol. The minimum atomic E-state index is -0.217. The number of rotatable bonds is 1. The van der Waals surface area contributed by atoms with Crippen LogP contribution in [0.1, 0.15) is 17.2 Å². The van der Waals surface area contributed by atoms with E-state index in [1.807, 2.05) is 42.5 Å². The molecule has 2 aromatic rings. The highest BCUT2D eigenvalue weighted by Gasteiger charge is 2.26. The molecule has 0 N–H and O–H groups in total. The Kier molecular flexibility index (Phi) is 3.15. The maximum Gasteiger partial charge on any atom is 0.142 e. The van der Waals surface area contributed by atoms with E-state index in [0.29, 0.717) is 0 Å². The summed E-state index contributed by atoms with van der Waals surface area (Å²) in [4.78, 5) is 2.14. The average Bonchev–Trinajstić information content (AvgIpc) is 2.47. The molecule has 2 aromatic carbocycles. The Balaban J connectivity index is 2.01. The summed E-state index contributed by atoms with van der Waals surface area (Å²) >= 11 is 5.92. The molecule has 94 valence electrons. The van der Waals surface area contributed by atoms with Crippen LogP contribution in [0.4, 0.5) is 5.69 Å². The van der Waals surface area contributed by atoms with E-state index in [9.17, 15) is 5.26 Å². The Labute approximate surface area is 117 Å². The van der Waals surface area contributed by atoms with Crippen molar-refractivity contribution in [3.63, 3.8) is 0 Å². The van der Waals surface area contributed by atoms with Crippen LogP contribution in [-0.4, -0.2) is 6.54 Å². The molecule has 0 aromatic heterocycles. The van der Waals surface area contributed by atoms with Gasteiger partial charge in [0.25, 0.3) is 0 Å². The van der Waals surface area contributed by atoms with Crippen molar-refractivity contribution in [1.82, 2.24) is 0 Å². The molecule has 0 saturated carbocycles. The molecule has 0 fully saturated rings. The first-order valence-corrected chi connectivity index (χ1v) is 6.67. The van der Waals surface area contributed by atoms with E-state index in [4.69, 9.17) is 11.6 Å². The van der Waals surface area contributed by atoms with E-state index in [1.54, 1.807) is 0 Å². The lowest BCUT2D eigenvalue weighted by Gasteiger charge is -2.35. The van der Waals surface area contributed by atoms with Crippen LogP contribution in [-0.2, 0) is 6.42 Å². The molecule has 1 unspecified atom stereocenters. The minimum absolute atomic E-state index is 0.217.